The van der Waals surface area contributed by atoms with Crippen molar-refractivity contribution in [2.75, 3.05) is 0 Å². The minimum atomic E-state index is -1.74. The molecule has 4 aliphatic carbocycles. The molecule has 192 valence electrons. The van der Waals surface area contributed by atoms with E-state index in [4.69, 9.17) is 9.47 Å². The Hall–Kier alpha value is -1.10. The van der Waals surface area contributed by atoms with E-state index in [1.54, 1.807) is 0 Å². The first kappa shape index (κ1) is 24.6. The molecule has 5 N–H and O–H groups in total. The number of ketones is 1. The van der Waals surface area contributed by atoms with Gasteiger partial charge in [-0.3, -0.25) is 4.79 Å². The molecule has 9 heteroatoms. The quantitative estimate of drug-likeness (QED) is 0.368. The predicted octanol–water partition coefficient (Wildman–Crippen LogP) is 0.846. The summed E-state index contributed by atoms with van der Waals surface area (Å²) in [6.45, 7) is 4.32. The first-order valence-corrected chi connectivity index (χ1v) is 12.8. The Balaban J connectivity index is 1.29. The molecule has 0 unspecified atom stereocenters. The standard InChI is InChI=1S/C25H38O9/c1-24-8-7-12(33-23-20(30)18(28)19(29)21(34-23)22(31)32)9-11(24)3-4-13-14-5-6-16(27)25(14,2)10-15(26)17(13)24/h11-15,17-21,23,26,28-30H,3-10H2,1-2H3,(H,31,32)/t11-,12-,13+,14+,15+,17-,18+,19+,20-,21+,23-,24+,25+/m1/s1. The van der Waals surface area contributed by atoms with Gasteiger partial charge in [0.2, 0.25) is 0 Å². The lowest BCUT2D eigenvalue weighted by Crippen LogP contribution is -2.62. The maximum absolute atomic E-state index is 12.7. The number of Topliss-reactive ketones (excluding diaryl/α,β-unsaturated/α-hetero) is 1. The minimum Gasteiger partial charge on any atom is -0.479 e. The smallest absolute Gasteiger partial charge is 0.335 e. The van der Waals surface area contributed by atoms with Gasteiger partial charge in [-0.1, -0.05) is 13.8 Å². The van der Waals surface area contributed by atoms with E-state index in [2.05, 4.69) is 13.8 Å². The van der Waals surface area contributed by atoms with Gasteiger partial charge in [-0.2, -0.15) is 0 Å². The number of ether oxygens (including phenoxy) is 2. The Morgan fingerprint density at radius 1 is 1.03 bits per heavy atom. The number of carboxylic acids is 1. The van der Waals surface area contributed by atoms with E-state index in [0.29, 0.717) is 43.3 Å². The topological polar surface area (TPSA) is 154 Å². The number of rotatable bonds is 3. The monoisotopic (exact) mass is 482 g/mol. The number of fused-ring (bicyclic) bond motifs is 5. The van der Waals surface area contributed by atoms with E-state index < -0.39 is 48.2 Å². The Morgan fingerprint density at radius 2 is 1.76 bits per heavy atom. The van der Waals surface area contributed by atoms with Crippen LogP contribution >= 0.6 is 0 Å². The van der Waals surface area contributed by atoms with Crippen LogP contribution in [0, 0.1) is 34.5 Å². The lowest BCUT2D eigenvalue weighted by Gasteiger charge is -2.61. The summed E-state index contributed by atoms with van der Waals surface area (Å²) >= 11 is 0. The second-order valence-electron chi connectivity index (χ2n) is 12.0. The number of hydrogen-bond acceptors (Lipinski definition) is 8. The minimum absolute atomic E-state index is 0.0828. The molecule has 5 aliphatic rings. The van der Waals surface area contributed by atoms with Crippen LogP contribution in [0.5, 0.6) is 0 Å². The number of hydrogen-bond donors (Lipinski definition) is 5. The third-order valence-corrected chi connectivity index (χ3v) is 10.4. The maximum Gasteiger partial charge on any atom is 0.335 e. The fourth-order valence-electron chi connectivity index (χ4n) is 8.59. The molecule has 5 rings (SSSR count). The molecule has 0 aromatic rings. The van der Waals surface area contributed by atoms with Crippen molar-refractivity contribution in [1.29, 1.82) is 0 Å². The summed E-state index contributed by atoms with van der Waals surface area (Å²) in [4.78, 5) is 24.0. The van der Waals surface area contributed by atoms with Crippen LogP contribution in [0.2, 0.25) is 0 Å². The highest BCUT2D eigenvalue weighted by Crippen LogP contribution is 2.65. The Morgan fingerprint density at radius 3 is 2.47 bits per heavy atom. The molecule has 0 aromatic heterocycles. The zero-order valence-electron chi connectivity index (χ0n) is 19.9. The lowest BCUT2D eigenvalue weighted by atomic mass is 9.44. The molecule has 0 amide bonds. The Bertz CT molecular complexity index is 833. The molecule has 0 bridgehead atoms. The van der Waals surface area contributed by atoms with Crippen molar-refractivity contribution in [3.63, 3.8) is 0 Å². The molecule has 34 heavy (non-hydrogen) atoms. The van der Waals surface area contributed by atoms with E-state index >= 15 is 0 Å². The molecule has 1 saturated heterocycles. The summed E-state index contributed by atoms with van der Waals surface area (Å²) < 4.78 is 11.3. The second kappa shape index (κ2) is 8.49. The summed E-state index contributed by atoms with van der Waals surface area (Å²) in [6, 6.07) is 0. The summed E-state index contributed by atoms with van der Waals surface area (Å²) in [5, 5.41) is 50.9. The zero-order valence-corrected chi connectivity index (χ0v) is 19.9. The number of carbonyl (C=O) groups excluding carboxylic acids is 1. The van der Waals surface area contributed by atoms with Gasteiger partial charge in [-0.25, -0.2) is 4.79 Å². The van der Waals surface area contributed by atoms with Gasteiger partial charge in [0.1, 0.15) is 24.1 Å². The van der Waals surface area contributed by atoms with E-state index in [9.17, 15) is 35.1 Å². The first-order valence-electron chi connectivity index (χ1n) is 12.8. The summed E-state index contributed by atoms with van der Waals surface area (Å²) in [5.41, 5.74) is -0.481. The van der Waals surface area contributed by atoms with Gasteiger partial charge in [0.25, 0.3) is 0 Å². The number of carboxylic acid groups (broad SMARTS) is 1. The third-order valence-electron chi connectivity index (χ3n) is 10.4. The van der Waals surface area contributed by atoms with Gasteiger partial charge in [0, 0.05) is 11.8 Å². The lowest BCUT2D eigenvalue weighted by molar-refractivity contribution is -0.310. The van der Waals surface area contributed by atoms with Crippen LogP contribution in [-0.2, 0) is 19.1 Å². The van der Waals surface area contributed by atoms with Gasteiger partial charge in [-0.15, -0.1) is 0 Å². The van der Waals surface area contributed by atoms with E-state index in [0.717, 1.165) is 25.7 Å². The predicted molar refractivity (Wildman–Crippen MR) is 117 cm³/mol. The molecule has 9 nitrogen and oxygen atoms in total. The molecule has 0 radical (unpaired) electrons. The molecule has 5 fully saturated rings. The molecule has 0 aromatic carbocycles. The zero-order chi connectivity index (χ0) is 24.6. The van der Waals surface area contributed by atoms with Crippen molar-refractivity contribution >= 4 is 11.8 Å². The Labute approximate surface area is 199 Å². The second-order valence-corrected chi connectivity index (χ2v) is 12.0. The number of aliphatic hydroxyl groups excluding tert-OH is 4. The van der Waals surface area contributed by atoms with E-state index in [1.165, 1.54) is 0 Å². The van der Waals surface area contributed by atoms with E-state index in [1.807, 2.05) is 0 Å². The van der Waals surface area contributed by atoms with Crippen molar-refractivity contribution < 1.29 is 44.6 Å². The molecule has 4 saturated carbocycles. The van der Waals surface area contributed by atoms with Crippen molar-refractivity contribution in [1.82, 2.24) is 0 Å². The van der Waals surface area contributed by atoms with Gasteiger partial charge in [0.05, 0.1) is 12.2 Å². The van der Waals surface area contributed by atoms with Crippen molar-refractivity contribution in [3.05, 3.63) is 0 Å². The first-order chi connectivity index (χ1) is 16.0. The summed E-state index contributed by atoms with van der Waals surface area (Å²) in [5.74, 6) is -0.0129. The van der Waals surface area contributed by atoms with Crippen molar-refractivity contribution in [3.8, 4) is 0 Å². The van der Waals surface area contributed by atoms with Crippen LogP contribution in [0.4, 0.5) is 0 Å². The molecular formula is C25H38O9. The largest absolute Gasteiger partial charge is 0.479 e. The van der Waals surface area contributed by atoms with Crippen LogP contribution in [0.1, 0.15) is 65.2 Å². The fourth-order valence-corrected chi connectivity index (χ4v) is 8.59. The van der Waals surface area contributed by atoms with Gasteiger partial charge in [-0.05, 0) is 74.0 Å². The molecule has 1 aliphatic heterocycles. The molecule has 1 heterocycles. The van der Waals surface area contributed by atoms with Gasteiger partial charge in [0.15, 0.2) is 12.4 Å². The highest BCUT2D eigenvalue weighted by Gasteiger charge is 2.63. The van der Waals surface area contributed by atoms with Gasteiger partial charge >= 0.3 is 5.97 Å². The van der Waals surface area contributed by atoms with Gasteiger partial charge < -0.3 is 35.0 Å². The van der Waals surface area contributed by atoms with Crippen molar-refractivity contribution in [2.45, 2.75) is 108 Å². The number of aliphatic hydroxyl groups is 4. The highest BCUT2D eigenvalue weighted by molar-refractivity contribution is 5.87. The normalized spacial score (nSPS) is 55.2. The summed E-state index contributed by atoms with van der Waals surface area (Å²) in [7, 11) is 0. The molecule has 13 atom stereocenters. The summed E-state index contributed by atoms with van der Waals surface area (Å²) in [6.07, 6.45) is -2.58. The number of carbonyl (C=O) groups is 2. The SMILES string of the molecule is C[C@]12CC[C@@H](O[C@@H]3O[C@H](C(=O)O)[C@@H](O)[C@H](O)[C@H]3O)C[C@H]1CC[C@@H]1[C@@H]2[C@@H](O)C[C@]2(C)C(=O)CC[C@@H]12. The fraction of sp³-hybridized carbons (Fsp3) is 0.920. The number of aliphatic carboxylic acids is 1. The average molecular weight is 483 g/mol. The van der Waals surface area contributed by atoms with Crippen LogP contribution in [0.25, 0.3) is 0 Å². The highest BCUT2D eigenvalue weighted by atomic mass is 16.7. The Kier molecular flexibility index (Phi) is 6.14. The van der Waals surface area contributed by atoms with Crippen molar-refractivity contribution in [2.24, 2.45) is 34.5 Å². The average Bonchev–Trinajstić information content (AvgIpc) is 3.07. The van der Waals surface area contributed by atoms with Crippen LogP contribution in [-0.4, -0.2) is 80.2 Å². The van der Waals surface area contributed by atoms with Crippen LogP contribution in [0.15, 0.2) is 0 Å². The van der Waals surface area contributed by atoms with Crippen LogP contribution < -0.4 is 0 Å². The van der Waals surface area contributed by atoms with E-state index in [-0.39, 0.29) is 23.4 Å². The molecular weight excluding hydrogens is 444 g/mol. The maximum atomic E-state index is 12.7. The molecule has 0 spiro atoms. The van der Waals surface area contributed by atoms with Crippen LogP contribution in [0.3, 0.4) is 0 Å². The third kappa shape index (κ3) is 3.58.